The molecule has 3 rings (SSSR count). The Balaban J connectivity index is 2.25. The monoisotopic (exact) mass is 495 g/mol. The van der Waals surface area contributed by atoms with Gasteiger partial charge in [-0.25, -0.2) is 9.97 Å². The number of nitriles is 1. The van der Waals surface area contributed by atoms with Gasteiger partial charge in [0.25, 0.3) is 11.1 Å². The number of rotatable bonds is 5. The van der Waals surface area contributed by atoms with Gasteiger partial charge in [-0.1, -0.05) is 0 Å². The molecule has 2 heterocycles. The van der Waals surface area contributed by atoms with E-state index < -0.39 is 41.2 Å². The fourth-order valence-electron chi connectivity index (χ4n) is 3.42. The third-order valence-corrected chi connectivity index (χ3v) is 5.11. The minimum atomic E-state index is -6.07. The maximum atomic E-state index is 14.3. The minimum absolute atomic E-state index is 0.0217. The standard InChI is InChI=1S/C22H18F5N5O3/c1-10-5-14(7-28)6-11(2)16(10)35-17-18(21(23,24)22(25,26)27)29-9-32(20(17)34)8-15-12(3)30-13(4)31-19(15)33/h5-6,9H,8H2,1-4H3,(H,30,31,33). The van der Waals surface area contributed by atoms with Crippen LogP contribution in [0.15, 0.2) is 28.0 Å². The molecule has 0 atom stereocenters. The number of halogens is 5. The lowest BCUT2D eigenvalue weighted by Crippen LogP contribution is -2.38. The number of nitrogens with zero attached hydrogens (tertiary/aromatic N) is 4. The molecule has 8 nitrogen and oxygen atoms in total. The van der Waals surface area contributed by atoms with Gasteiger partial charge in [0, 0.05) is 5.69 Å². The van der Waals surface area contributed by atoms with Gasteiger partial charge in [-0.3, -0.25) is 14.2 Å². The Morgan fingerprint density at radius 1 is 1.06 bits per heavy atom. The molecule has 3 aromatic rings. The first kappa shape index (κ1) is 25.5. The van der Waals surface area contributed by atoms with Crippen molar-refractivity contribution in [2.45, 2.75) is 46.3 Å². The van der Waals surface area contributed by atoms with Crippen LogP contribution in [0.2, 0.25) is 0 Å². The average Bonchev–Trinajstić information content (AvgIpc) is 2.73. The second-order valence-corrected chi connectivity index (χ2v) is 7.80. The number of nitrogens with one attached hydrogen (secondary N) is 1. The van der Waals surface area contributed by atoms with Crippen molar-refractivity contribution in [2.24, 2.45) is 0 Å². The Morgan fingerprint density at radius 2 is 1.66 bits per heavy atom. The number of ether oxygens (including phenoxy) is 1. The summed E-state index contributed by atoms with van der Waals surface area (Å²) in [4.78, 5) is 35.1. The highest BCUT2D eigenvalue weighted by Crippen LogP contribution is 2.46. The van der Waals surface area contributed by atoms with Gasteiger partial charge in [0.05, 0.1) is 30.1 Å². The van der Waals surface area contributed by atoms with Crippen LogP contribution in [-0.2, 0) is 12.5 Å². The Labute approximate surface area is 194 Å². The highest BCUT2D eigenvalue weighted by Gasteiger charge is 2.62. The van der Waals surface area contributed by atoms with Crippen molar-refractivity contribution < 1.29 is 26.7 Å². The van der Waals surface area contributed by atoms with Gasteiger partial charge in [0.15, 0.2) is 5.69 Å². The first-order chi connectivity index (χ1) is 16.2. The number of hydrogen-bond acceptors (Lipinski definition) is 6. The van der Waals surface area contributed by atoms with E-state index >= 15 is 0 Å². The predicted octanol–water partition coefficient (Wildman–Crippen LogP) is 3.93. The molecule has 0 bridgehead atoms. The van der Waals surface area contributed by atoms with Crippen molar-refractivity contribution in [3.63, 3.8) is 0 Å². The zero-order chi connectivity index (χ0) is 26.3. The lowest BCUT2D eigenvalue weighted by molar-refractivity contribution is -0.291. The van der Waals surface area contributed by atoms with Crippen LogP contribution in [0.5, 0.6) is 11.5 Å². The first-order valence-electron chi connectivity index (χ1n) is 9.97. The number of aromatic nitrogens is 4. The van der Waals surface area contributed by atoms with Crippen molar-refractivity contribution in [3.05, 3.63) is 78.6 Å². The summed E-state index contributed by atoms with van der Waals surface area (Å²) in [5.41, 5.74) is -3.09. The van der Waals surface area contributed by atoms with E-state index in [9.17, 15) is 31.5 Å². The maximum absolute atomic E-state index is 14.3. The van der Waals surface area contributed by atoms with E-state index in [1.807, 2.05) is 6.07 Å². The second kappa shape index (κ2) is 8.94. The van der Waals surface area contributed by atoms with E-state index in [1.165, 1.54) is 39.8 Å². The average molecular weight is 495 g/mol. The molecular weight excluding hydrogens is 477 g/mol. The van der Waals surface area contributed by atoms with Gasteiger partial charge in [-0.15, -0.1) is 0 Å². The molecule has 0 spiro atoms. The van der Waals surface area contributed by atoms with Crippen molar-refractivity contribution in [1.82, 2.24) is 19.5 Å². The summed E-state index contributed by atoms with van der Waals surface area (Å²) in [5.74, 6) is -6.78. The van der Waals surface area contributed by atoms with Crippen LogP contribution in [0.3, 0.4) is 0 Å². The number of H-pyrrole nitrogens is 1. The molecule has 1 N–H and O–H groups in total. The van der Waals surface area contributed by atoms with Gasteiger partial charge in [-0.2, -0.15) is 27.2 Å². The molecule has 13 heteroatoms. The lowest BCUT2D eigenvalue weighted by atomic mass is 10.1. The first-order valence-corrected chi connectivity index (χ1v) is 9.97. The molecule has 35 heavy (non-hydrogen) atoms. The van der Waals surface area contributed by atoms with Gasteiger partial charge in [-0.05, 0) is 51.0 Å². The molecule has 0 aliphatic rings. The third kappa shape index (κ3) is 4.77. The Bertz CT molecular complexity index is 1450. The Kier molecular flexibility index (Phi) is 6.52. The van der Waals surface area contributed by atoms with Gasteiger partial charge < -0.3 is 9.72 Å². The van der Waals surface area contributed by atoms with E-state index in [0.717, 1.165) is 0 Å². The topological polar surface area (TPSA) is 114 Å². The predicted molar refractivity (Wildman–Crippen MR) is 113 cm³/mol. The van der Waals surface area contributed by atoms with Crippen LogP contribution >= 0.6 is 0 Å². The van der Waals surface area contributed by atoms with Gasteiger partial charge in [0.2, 0.25) is 5.75 Å². The summed E-state index contributed by atoms with van der Waals surface area (Å²) < 4.78 is 74.2. The van der Waals surface area contributed by atoms with Crippen LogP contribution in [0, 0.1) is 39.0 Å². The van der Waals surface area contributed by atoms with Gasteiger partial charge >= 0.3 is 12.1 Å². The lowest BCUT2D eigenvalue weighted by Gasteiger charge is -2.22. The SMILES string of the molecule is Cc1nc(C)c(Cn2cnc(C(F)(F)C(F)(F)F)c(Oc3c(C)cc(C#N)cc3C)c2=O)c(=O)[nH]1. The summed E-state index contributed by atoms with van der Waals surface area (Å²) in [6.07, 6.45) is -5.58. The Hall–Kier alpha value is -4.08. The van der Waals surface area contributed by atoms with E-state index in [-0.39, 0.29) is 39.5 Å². The summed E-state index contributed by atoms with van der Waals surface area (Å²) in [6, 6.07) is 4.51. The van der Waals surface area contributed by atoms with E-state index in [2.05, 4.69) is 15.0 Å². The van der Waals surface area contributed by atoms with E-state index in [0.29, 0.717) is 10.9 Å². The molecule has 0 amide bonds. The summed E-state index contributed by atoms with van der Waals surface area (Å²) in [6.45, 7) is 5.35. The summed E-state index contributed by atoms with van der Waals surface area (Å²) >= 11 is 0. The summed E-state index contributed by atoms with van der Waals surface area (Å²) in [7, 11) is 0. The molecule has 0 aliphatic carbocycles. The number of hydrogen-bond donors (Lipinski definition) is 1. The Morgan fingerprint density at radius 3 is 2.17 bits per heavy atom. The molecule has 0 unspecified atom stereocenters. The van der Waals surface area contributed by atoms with Crippen molar-refractivity contribution in [3.8, 4) is 17.6 Å². The smallest absolute Gasteiger partial charge is 0.449 e. The quantitative estimate of drug-likeness (QED) is 0.537. The molecule has 0 fully saturated rings. The van der Waals surface area contributed by atoms with E-state index in [1.54, 1.807) is 0 Å². The third-order valence-electron chi connectivity index (χ3n) is 5.11. The molecule has 0 aliphatic heterocycles. The zero-order valence-electron chi connectivity index (χ0n) is 18.8. The normalized spacial score (nSPS) is 11.9. The molecule has 0 radical (unpaired) electrons. The molecular formula is C22H18F5N5O3. The highest BCUT2D eigenvalue weighted by molar-refractivity contribution is 5.49. The zero-order valence-corrected chi connectivity index (χ0v) is 18.8. The van der Waals surface area contributed by atoms with Crippen molar-refractivity contribution in [2.75, 3.05) is 0 Å². The van der Waals surface area contributed by atoms with Crippen LogP contribution in [0.25, 0.3) is 0 Å². The largest absolute Gasteiger partial charge is 0.459 e. The molecule has 1 aromatic carbocycles. The minimum Gasteiger partial charge on any atom is -0.449 e. The molecule has 2 aromatic heterocycles. The van der Waals surface area contributed by atoms with Gasteiger partial charge in [0.1, 0.15) is 11.6 Å². The number of aromatic amines is 1. The number of aryl methyl sites for hydroxylation is 4. The fourth-order valence-corrected chi connectivity index (χ4v) is 3.42. The molecule has 0 saturated carbocycles. The van der Waals surface area contributed by atoms with Crippen LogP contribution in [0.1, 0.15) is 39.5 Å². The molecule has 0 saturated heterocycles. The van der Waals surface area contributed by atoms with Crippen molar-refractivity contribution >= 4 is 0 Å². The second-order valence-electron chi connectivity index (χ2n) is 7.80. The highest BCUT2D eigenvalue weighted by atomic mass is 19.4. The van der Waals surface area contributed by atoms with E-state index in [4.69, 9.17) is 10.00 Å². The number of alkyl halides is 5. The van der Waals surface area contributed by atoms with Crippen LogP contribution in [-0.4, -0.2) is 25.7 Å². The number of benzene rings is 1. The molecule has 184 valence electrons. The fraction of sp³-hybridized carbons (Fsp3) is 0.318. The van der Waals surface area contributed by atoms with Crippen molar-refractivity contribution in [1.29, 1.82) is 5.26 Å². The van der Waals surface area contributed by atoms with Crippen LogP contribution < -0.4 is 15.9 Å². The maximum Gasteiger partial charge on any atom is 0.459 e. The summed E-state index contributed by atoms with van der Waals surface area (Å²) in [5, 5.41) is 9.08. The van der Waals surface area contributed by atoms with Crippen LogP contribution in [0.4, 0.5) is 22.0 Å².